The van der Waals surface area contributed by atoms with Crippen LogP contribution in [0.4, 0.5) is 0 Å². The summed E-state index contributed by atoms with van der Waals surface area (Å²) in [5.74, 6) is 0.117. The number of nitrogens with two attached hydrogens (primary N) is 3. The maximum absolute atomic E-state index is 12.5. The van der Waals surface area contributed by atoms with Crippen LogP contribution in [0.25, 0.3) is 0 Å². The third-order valence-corrected chi connectivity index (χ3v) is 14.5. The van der Waals surface area contributed by atoms with E-state index in [9.17, 15) is 14.4 Å². The van der Waals surface area contributed by atoms with Crippen LogP contribution >= 0.6 is 0 Å². The lowest BCUT2D eigenvalue weighted by atomic mass is 9.42. The van der Waals surface area contributed by atoms with Crippen LogP contribution in [0.5, 0.6) is 0 Å². The molecule has 1 saturated carbocycles. The summed E-state index contributed by atoms with van der Waals surface area (Å²) in [4.78, 5) is 46.3. The summed E-state index contributed by atoms with van der Waals surface area (Å²) in [6.45, 7) is 3.37. The van der Waals surface area contributed by atoms with Gasteiger partial charge in [0.2, 0.25) is 0 Å². The van der Waals surface area contributed by atoms with E-state index in [0.717, 1.165) is 57.0 Å². The Kier molecular flexibility index (Phi) is 16.2. The Morgan fingerprint density at radius 1 is 0.440 bits per heavy atom. The lowest BCUT2D eigenvalue weighted by Gasteiger charge is -2.40. The maximum atomic E-state index is 12.5. The number of primary amides is 1. The van der Waals surface area contributed by atoms with Crippen molar-refractivity contribution in [2.75, 3.05) is 0 Å². The minimum absolute atomic E-state index is 0.0128. The van der Waals surface area contributed by atoms with Crippen molar-refractivity contribution in [3.8, 4) is 0 Å². The fourth-order valence-corrected chi connectivity index (χ4v) is 11.0. The molecule has 4 aliphatic rings. The molecular formula is C59H66B3N7O6. The van der Waals surface area contributed by atoms with Gasteiger partial charge in [-0.05, 0) is 26.7 Å². The summed E-state index contributed by atoms with van der Waals surface area (Å²) in [5.41, 5.74) is 26.9. The van der Waals surface area contributed by atoms with Crippen LogP contribution in [0.2, 0.25) is 0 Å². The molecule has 16 heteroatoms. The van der Waals surface area contributed by atoms with Crippen LogP contribution in [0.1, 0.15) is 66.7 Å². The first-order valence-corrected chi connectivity index (χ1v) is 25.7. The molecule has 3 heterocycles. The van der Waals surface area contributed by atoms with Crippen molar-refractivity contribution in [2.24, 2.45) is 17.2 Å². The molecule has 1 aliphatic carbocycles. The van der Waals surface area contributed by atoms with Gasteiger partial charge in [-0.1, -0.05) is 234 Å². The summed E-state index contributed by atoms with van der Waals surface area (Å²) in [7, 11) is 0. The van der Waals surface area contributed by atoms with Crippen molar-refractivity contribution in [1.29, 1.82) is 0 Å². The smallest absolute Gasteiger partial charge is 0.507 e. The zero-order chi connectivity index (χ0) is 53.2. The topological polar surface area (TPSA) is 211 Å². The highest BCUT2D eigenvalue weighted by molar-refractivity contribution is 6.92. The van der Waals surface area contributed by atoms with E-state index in [4.69, 9.17) is 31.2 Å². The third-order valence-electron chi connectivity index (χ3n) is 14.5. The van der Waals surface area contributed by atoms with E-state index in [-0.39, 0.29) is 28.9 Å². The zero-order valence-electron chi connectivity index (χ0n) is 43.3. The second-order valence-electron chi connectivity index (χ2n) is 19.6. The van der Waals surface area contributed by atoms with Crippen molar-refractivity contribution in [3.63, 3.8) is 0 Å². The Morgan fingerprint density at radius 2 is 0.720 bits per heavy atom. The number of ketones is 2. The van der Waals surface area contributed by atoms with Crippen molar-refractivity contribution in [1.82, 2.24) is 5.32 Å². The predicted molar refractivity (Wildman–Crippen MR) is 302 cm³/mol. The van der Waals surface area contributed by atoms with Gasteiger partial charge < -0.3 is 51.2 Å². The second kappa shape index (κ2) is 23.1. The average Bonchev–Trinajstić information content (AvgIpc) is 3.42. The van der Waals surface area contributed by atoms with Crippen LogP contribution in [0, 0.1) is 0 Å². The van der Waals surface area contributed by atoms with Gasteiger partial charge >= 0.3 is 19.5 Å². The third kappa shape index (κ3) is 11.2. The Hall–Kier alpha value is -8.65. The van der Waals surface area contributed by atoms with Crippen LogP contribution < -0.4 is 70.0 Å². The van der Waals surface area contributed by atoms with E-state index < -0.39 is 25.4 Å². The predicted octanol–water partition coefficient (Wildman–Crippen LogP) is -0.418. The number of Topliss-reactive ketones (excluding diaryl/α,β-unsaturated/α-hetero) is 2. The number of carbonyl (C=O) groups is 3. The normalized spacial score (nSPS) is 17.6. The van der Waals surface area contributed by atoms with E-state index in [1.54, 1.807) is 13.8 Å². The molecule has 0 unspecified atom stereocenters. The number of nitrogens with one attached hydrogen (secondary N) is 4. The maximum Gasteiger partial charge on any atom is 0.507 e. The molecule has 13 nitrogen and oxygen atoms in total. The molecule has 10 N–H and O–H groups in total. The molecule has 75 heavy (non-hydrogen) atoms. The minimum Gasteiger partial charge on any atom is -0.639 e. The summed E-state index contributed by atoms with van der Waals surface area (Å²) in [6, 6.07) is 60.1. The summed E-state index contributed by atoms with van der Waals surface area (Å²) >= 11 is 0. The van der Waals surface area contributed by atoms with Gasteiger partial charge in [0.1, 0.15) is 28.3 Å². The molecule has 1 amide bonds. The number of benzene rings is 6. The number of allylic oxidation sites excluding steroid dienone is 2. The van der Waals surface area contributed by atoms with Gasteiger partial charge in [0.05, 0.1) is 0 Å². The standard InChI is InChI=1S/C24H29BN2O2.C18H19BN2O2.C17H18BN3O2/c1-18-23(19(2)28)24(26-22-16-10-5-11-17-22)29-25(27-18,20-12-6-3-7-13-20)21-14-8-4-9-15-21;1-13-17(14(2)22)18(20)23-19(21-13,15-9-5-3-6-10-15)16-11-7-4-8-12-16;1-12-15(16(19)22)17(20)23-18(21-12,13-8-4-2-5-9-13)14-10-6-3-7-11-14/h3-4,6-9,12-15,22,26-27H,5,10-11,16-17H2,1-2H3;3-12,21H,20H2,1-2H3;2-11,21H,20H2,1H3,(H2,19,22). The van der Waals surface area contributed by atoms with Crippen LogP contribution in [0.3, 0.4) is 0 Å². The average molecular weight is 1000 g/mol. The van der Waals surface area contributed by atoms with Crippen LogP contribution in [-0.2, 0) is 28.3 Å². The fourth-order valence-electron chi connectivity index (χ4n) is 11.0. The highest BCUT2D eigenvalue weighted by atomic mass is 16.5. The zero-order valence-corrected chi connectivity index (χ0v) is 43.3. The molecule has 6 aromatic rings. The Balaban J connectivity index is 0.000000151. The molecule has 0 spiro atoms. The monoisotopic (exact) mass is 1000 g/mol. The first kappa shape index (κ1) is 52.7. The number of hydrogen-bond donors (Lipinski definition) is 7. The quantitative estimate of drug-likeness (QED) is 0.0841. The molecule has 1 fully saturated rings. The molecule has 382 valence electrons. The highest BCUT2D eigenvalue weighted by Crippen LogP contribution is 2.22. The molecule has 0 atom stereocenters. The minimum atomic E-state index is -1.82. The highest BCUT2D eigenvalue weighted by Gasteiger charge is 2.48. The number of carbonyl (C=O) groups excluding carboxylic acids is 3. The lowest BCUT2D eigenvalue weighted by molar-refractivity contribution is -0.325. The SMILES string of the molecule is CC(=O)C1=C(N)O[B-](c2ccccc2)(c2ccccc2)[NH+]=C1C.CC(=O)C1=C(NC2CCCCC2)O[B-](c2ccccc2)(c2ccccc2)[NH+]=C1C.CC1=[NH+][B-](c2ccccc2)(c2ccccc2)OC(N)=C1C(N)=O. The number of rotatable bonds is 11. The van der Waals surface area contributed by atoms with Crippen molar-refractivity contribution < 1.29 is 43.1 Å². The van der Waals surface area contributed by atoms with E-state index in [1.165, 1.54) is 26.2 Å². The van der Waals surface area contributed by atoms with Crippen molar-refractivity contribution >= 4 is 86.8 Å². The Morgan fingerprint density at radius 3 is 1.00 bits per heavy atom. The summed E-state index contributed by atoms with van der Waals surface area (Å²) in [5, 5.41) is 3.61. The van der Waals surface area contributed by atoms with E-state index in [1.807, 2.05) is 172 Å². The molecule has 0 aromatic heterocycles. The lowest BCUT2D eigenvalue weighted by Crippen LogP contribution is -3.02. The van der Waals surface area contributed by atoms with Gasteiger partial charge in [0, 0.05) is 26.8 Å². The molecular weight excluding hydrogens is 935 g/mol. The molecule has 0 bridgehead atoms. The molecule has 10 rings (SSSR count). The van der Waals surface area contributed by atoms with Gasteiger partial charge in [-0.25, -0.2) is 0 Å². The molecule has 0 radical (unpaired) electrons. The molecule has 6 aromatic carbocycles. The Labute approximate surface area is 439 Å². The summed E-state index contributed by atoms with van der Waals surface area (Å²) in [6.07, 6.45) is 5.94. The van der Waals surface area contributed by atoms with Gasteiger partial charge in [0.25, 0.3) is 5.91 Å². The first-order chi connectivity index (χ1) is 36.2. The van der Waals surface area contributed by atoms with Crippen LogP contribution in [0.15, 0.2) is 216 Å². The summed E-state index contributed by atoms with van der Waals surface area (Å²) < 4.78 is 19.0. The molecule has 3 aliphatic heterocycles. The van der Waals surface area contributed by atoms with Gasteiger partial charge in [-0.15, -0.1) is 0 Å². The number of hydrogen-bond acceptors (Lipinski definition) is 9. The van der Waals surface area contributed by atoms with Gasteiger partial charge in [-0.3, -0.25) is 14.4 Å². The largest absolute Gasteiger partial charge is 0.639 e. The first-order valence-electron chi connectivity index (χ1n) is 25.7. The second-order valence-corrected chi connectivity index (χ2v) is 19.6. The van der Waals surface area contributed by atoms with Crippen molar-refractivity contribution in [2.45, 2.75) is 72.8 Å². The van der Waals surface area contributed by atoms with Gasteiger partial charge in [0.15, 0.2) is 34.8 Å². The van der Waals surface area contributed by atoms with Crippen molar-refractivity contribution in [3.05, 3.63) is 216 Å². The number of amides is 1. The van der Waals surface area contributed by atoms with E-state index in [0.29, 0.717) is 28.8 Å². The van der Waals surface area contributed by atoms with E-state index >= 15 is 0 Å². The molecule has 0 saturated heterocycles. The Bertz CT molecular complexity index is 2960. The van der Waals surface area contributed by atoms with E-state index in [2.05, 4.69) is 44.3 Å². The fraction of sp³-hybridized carbons (Fsp3) is 0.186. The van der Waals surface area contributed by atoms with Gasteiger partial charge in [-0.2, -0.15) is 0 Å². The van der Waals surface area contributed by atoms with Crippen LogP contribution in [-0.4, -0.2) is 60.1 Å².